The lowest BCUT2D eigenvalue weighted by Crippen LogP contribution is -2.29. The first-order valence-corrected chi connectivity index (χ1v) is 7.02. The molecule has 22 heavy (non-hydrogen) atoms. The topological polar surface area (TPSA) is 45.4 Å². The van der Waals surface area contributed by atoms with E-state index in [1.54, 1.807) is 18.2 Å². The minimum Gasteiger partial charge on any atom is -0.423 e. The van der Waals surface area contributed by atoms with E-state index in [-0.39, 0.29) is 0 Å². The number of fused-ring (bicyclic) bond motifs is 3. The summed E-state index contributed by atoms with van der Waals surface area (Å²) in [4.78, 5) is 0. The third-order valence-corrected chi connectivity index (χ3v) is 3.75. The van der Waals surface area contributed by atoms with Gasteiger partial charge in [0, 0.05) is 16.5 Å². The highest BCUT2D eigenvalue weighted by Gasteiger charge is 2.16. The number of aromatic nitrogens is 1. The second-order valence-corrected chi connectivity index (χ2v) is 5.03. The number of hydrogen-bond donors (Lipinski definition) is 2. The van der Waals surface area contributed by atoms with Gasteiger partial charge in [0.15, 0.2) is 0 Å². The number of nitrogens with zero attached hydrogens (tertiary/aromatic N) is 1. The van der Waals surface area contributed by atoms with E-state index in [2.05, 4.69) is 17.7 Å². The average Bonchev–Trinajstić information content (AvgIpc) is 2.86. The van der Waals surface area contributed by atoms with Crippen LogP contribution in [-0.2, 0) is 0 Å². The van der Waals surface area contributed by atoms with E-state index >= 15 is 0 Å². The van der Waals surface area contributed by atoms with Crippen molar-refractivity contribution in [2.75, 3.05) is 0 Å². The third-order valence-electron chi connectivity index (χ3n) is 3.75. The van der Waals surface area contributed by atoms with Crippen molar-refractivity contribution in [2.45, 2.75) is 0 Å². The predicted molar refractivity (Wildman–Crippen MR) is 93.9 cm³/mol. The standard InChI is InChI=1S/C18H16BNO2/c1-3-7-14(4-2)20-17-9-6-5-8-15(17)16-12-13(19(21)22)10-11-18(16)20/h3-12,21-22H,1-2H2/b14-7+. The second-order valence-electron chi connectivity index (χ2n) is 5.03. The molecule has 0 saturated heterocycles. The maximum Gasteiger partial charge on any atom is 0.488 e. The highest BCUT2D eigenvalue weighted by atomic mass is 16.4. The average molecular weight is 289 g/mol. The summed E-state index contributed by atoms with van der Waals surface area (Å²) < 4.78 is 2.09. The molecule has 0 atom stereocenters. The molecule has 0 saturated carbocycles. The molecule has 1 aromatic heterocycles. The Morgan fingerprint density at radius 1 is 1.00 bits per heavy atom. The van der Waals surface area contributed by atoms with Crippen LogP contribution in [0.3, 0.4) is 0 Å². The number of rotatable bonds is 4. The Hall–Kier alpha value is -2.56. The summed E-state index contributed by atoms with van der Waals surface area (Å²) in [6, 6.07) is 13.4. The first-order chi connectivity index (χ1) is 10.7. The van der Waals surface area contributed by atoms with Gasteiger partial charge in [-0.1, -0.05) is 49.6 Å². The number of allylic oxidation sites excluding steroid dienone is 4. The Morgan fingerprint density at radius 3 is 2.41 bits per heavy atom. The zero-order valence-corrected chi connectivity index (χ0v) is 12.1. The van der Waals surface area contributed by atoms with Gasteiger partial charge in [0.2, 0.25) is 0 Å². The first kappa shape index (κ1) is 14.4. The third kappa shape index (κ3) is 2.19. The predicted octanol–water partition coefficient (Wildman–Crippen LogP) is 2.69. The molecule has 0 aliphatic heterocycles. The van der Waals surface area contributed by atoms with E-state index in [4.69, 9.17) is 0 Å². The molecular formula is C18H16BNO2. The monoisotopic (exact) mass is 289 g/mol. The highest BCUT2D eigenvalue weighted by Crippen LogP contribution is 2.31. The number of benzene rings is 2. The Bertz CT molecular complexity index is 906. The smallest absolute Gasteiger partial charge is 0.423 e. The van der Waals surface area contributed by atoms with E-state index in [0.717, 1.165) is 27.5 Å². The Balaban J connectivity index is 2.46. The van der Waals surface area contributed by atoms with E-state index in [1.807, 2.05) is 42.5 Å². The van der Waals surface area contributed by atoms with Crippen molar-refractivity contribution >= 4 is 40.1 Å². The molecule has 3 rings (SSSR count). The molecule has 1 heterocycles. The SMILES string of the molecule is C=C/C=C(\C=C)n1c2ccccc2c2cc(B(O)O)ccc21. The van der Waals surface area contributed by atoms with E-state index in [9.17, 15) is 10.0 Å². The van der Waals surface area contributed by atoms with Crippen LogP contribution in [0.5, 0.6) is 0 Å². The fourth-order valence-electron chi connectivity index (χ4n) is 2.78. The Morgan fingerprint density at radius 2 is 1.73 bits per heavy atom. The zero-order valence-electron chi connectivity index (χ0n) is 12.1. The van der Waals surface area contributed by atoms with Gasteiger partial charge >= 0.3 is 7.12 Å². The lowest BCUT2D eigenvalue weighted by Gasteiger charge is -2.08. The van der Waals surface area contributed by atoms with Gasteiger partial charge in [0.05, 0.1) is 11.0 Å². The molecule has 0 radical (unpaired) electrons. The van der Waals surface area contributed by atoms with Gasteiger partial charge in [-0.2, -0.15) is 0 Å². The van der Waals surface area contributed by atoms with Gasteiger partial charge in [-0.15, -0.1) is 0 Å². The molecule has 0 fully saturated rings. The molecule has 108 valence electrons. The van der Waals surface area contributed by atoms with Gasteiger partial charge in [0.25, 0.3) is 0 Å². The quantitative estimate of drug-likeness (QED) is 0.573. The second kappa shape index (κ2) is 5.68. The summed E-state index contributed by atoms with van der Waals surface area (Å²) in [5, 5.41) is 20.8. The summed E-state index contributed by atoms with van der Waals surface area (Å²) in [6.45, 7) is 7.63. The van der Waals surface area contributed by atoms with E-state index in [1.165, 1.54) is 0 Å². The first-order valence-electron chi connectivity index (χ1n) is 7.02. The molecule has 4 heteroatoms. The van der Waals surface area contributed by atoms with Crippen molar-refractivity contribution in [3.05, 3.63) is 73.9 Å². The molecule has 3 nitrogen and oxygen atoms in total. The van der Waals surface area contributed by atoms with Gasteiger partial charge in [-0.25, -0.2) is 0 Å². The maximum atomic E-state index is 9.41. The van der Waals surface area contributed by atoms with Crippen molar-refractivity contribution in [3.63, 3.8) is 0 Å². The molecule has 0 amide bonds. The van der Waals surface area contributed by atoms with Gasteiger partial charge in [-0.05, 0) is 29.7 Å². The van der Waals surface area contributed by atoms with Crippen LogP contribution in [0.4, 0.5) is 0 Å². The Labute approximate surface area is 129 Å². The minimum atomic E-state index is -1.48. The number of para-hydroxylation sites is 1. The van der Waals surface area contributed by atoms with Crippen molar-refractivity contribution in [2.24, 2.45) is 0 Å². The summed E-state index contributed by atoms with van der Waals surface area (Å²) in [6.07, 6.45) is 5.40. The molecule has 0 spiro atoms. The van der Waals surface area contributed by atoms with Crippen LogP contribution in [0.25, 0.3) is 27.5 Å². The fraction of sp³-hybridized carbons (Fsp3) is 0. The molecule has 3 aromatic rings. The normalized spacial score (nSPS) is 11.8. The Kier molecular flexibility index (Phi) is 3.71. The van der Waals surface area contributed by atoms with Crippen molar-refractivity contribution in [3.8, 4) is 0 Å². The number of hydrogen-bond acceptors (Lipinski definition) is 2. The molecule has 0 aliphatic rings. The van der Waals surface area contributed by atoms with Crippen molar-refractivity contribution in [1.82, 2.24) is 4.57 Å². The van der Waals surface area contributed by atoms with Crippen LogP contribution in [0.1, 0.15) is 0 Å². The van der Waals surface area contributed by atoms with E-state index in [0.29, 0.717) is 5.46 Å². The van der Waals surface area contributed by atoms with Crippen molar-refractivity contribution < 1.29 is 10.0 Å². The largest absolute Gasteiger partial charge is 0.488 e. The zero-order chi connectivity index (χ0) is 15.7. The summed E-state index contributed by atoms with van der Waals surface area (Å²) >= 11 is 0. The van der Waals surface area contributed by atoms with Crippen LogP contribution in [0.2, 0.25) is 0 Å². The molecular weight excluding hydrogens is 273 g/mol. The van der Waals surface area contributed by atoms with Crippen LogP contribution < -0.4 is 5.46 Å². The van der Waals surface area contributed by atoms with Crippen LogP contribution >= 0.6 is 0 Å². The van der Waals surface area contributed by atoms with Crippen LogP contribution in [0, 0.1) is 0 Å². The summed E-state index contributed by atoms with van der Waals surface area (Å²) in [5.74, 6) is 0. The van der Waals surface area contributed by atoms with Gasteiger partial charge < -0.3 is 14.6 Å². The molecule has 2 N–H and O–H groups in total. The molecule has 0 bridgehead atoms. The minimum absolute atomic E-state index is 0.475. The maximum absolute atomic E-state index is 9.41. The lowest BCUT2D eigenvalue weighted by atomic mass is 9.80. The van der Waals surface area contributed by atoms with Gasteiger partial charge in [0.1, 0.15) is 0 Å². The van der Waals surface area contributed by atoms with E-state index < -0.39 is 7.12 Å². The highest BCUT2D eigenvalue weighted by molar-refractivity contribution is 6.59. The van der Waals surface area contributed by atoms with Gasteiger partial charge in [-0.3, -0.25) is 0 Å². The van der Waals surface area contributed by atoms with Crippen LogP contribution in [-0.4, -0.2) is 21.7 Å². The summed E-state index contributed by atoms with van der Waals surface area (Å²) in [7, 11) is -1.48. The summed E-state index contributed by atoms with van der Waals surface area (Å²) in [5.41, 5.74) is 3.41. The van der Waals surface area contributed by atoms with Crippen molar-refractivity contribution in [1.29, 1.82) is 0 Å². The van der Waals surface area contributed by atoms with Crippen LogP contribution in [0.15, 0.2) is 73.9 Å². The molecule has 2 aromatic carbocycles. The fourth-order valence-corrected chi connectivity index (χ4v) is 2.78. The molecule has 0 aliphatic carbocycles. The molecule has 0 unspecified atom stereocenters. The lowest BCUT2D eigenvalue weighted by molar-refractivity contribution is 0.426.